The van der Waals surface area contributed by atoms with E-state index >= 15 is 0 Å². The van der Waals surface area contributed by atoms with Crippen LogP contribution < -0.4 is 5.32 Å². The van der Waals surface area contributed by atoms with E-state index in [9.17, 15) is 0 Å². The van der Waals surface area contributed by atoms with Gasteiger partial charge in [0.1, 0.15) is 5.76 Å². The molecule has 108 valence electrons. The summed E-state index contributed by atoms with van der Waals surface area (Å²) < 4.78 is 5.67. The van der Waals surface area contributed by atoms with Gasteiger partial charge in [-0.1, -0.05) is 20.8 Å². The van der Waals surface area contributed by atoms with Gasteiger partial charge in [-0.05, 0) is 43.8 Å². The summed E-state index contributed by atoms with van der Waals surface area (Å²) in [6, 6.07) is 2.11. The first-order valence-corrected chi connectivity index (χ1v) is 7.69. The molecule has 1 aromatic heterocycles. The van der Waals surface area contributed by atoms with Crippen molar-refractivity contribution < 1.29 is 4.42 Å². The van der Waals surface area contributed by atoms with E-state index in [1.165, 1.54) is 31.5 Å². The summed E-state index contributed by atoms with van der Waals surface area (Å²) in [5, 5.41) is 3.45. The lowest BCUT2D eigenvalue weighted by atomic mass is 9.95. The Morgan fingerprint density at radius 3 is 3.00 bits per heavy atom. The monoisotopic (exact) mass is 264 g/mol. The minimum absolute atomic E-state index is 0.798. The first-order valence-electron chi connectivity index (χ1n) is 7.69. The van der Waals surface area contributed by atoms with E-state index in [-0.39, 0.29) is 0 Å². The van der Waals surface area contributed by atoms with E-state index in [1.54, 1.807) is 0 Å². The van der Waals surface area contributed by atoms with Crippen LogP contribution in [0.15, 0.2) is 16.7 Å². The van der Waals surface area contributed by atoms with Crippen LogP contribution in [0.3, 0.4) is 0 Å². The standard InChI is InChI=1S/C16H28N2O/c1-4-7-17-10-14-6-9-19-16(14)12-18-8-5-15(11-18)13(2)3/h6,9,13,15,17H,4-5,7-8,10-12H2,1-3H3. The molecule has 2 rings (SSSR count). The highest BCUT2D eigenvalue weighted by Gasteiger charge is 2.25. The predicted octanol–water partition coefficient (Wildman–Crippen LogP) is 3.26. The number of hydrogen-bond donors (Lipinski definition) is 1. The molecule has 0 radical (unpaired) electrons. The van der Waals surface area contributed by atoms with Gasteiger partial charge in [-0.25, -0.2) is 0 Å². The first kappa shape index (κ1) is 14.6. The molecule has 3 nitrogen and oxygen atoms in total. The maximum absolute atomic E-state index is 5.67. The van der Waals surface area contributed by atoms with Gasteiger partial charge in [-0.3, -0.25) is 4.90 Å². The van der Waals surface area contributed by atoms with Crippen LogP contribution in [0.2, 0.25) is 0 Å². The Labute approximate surface area is 117 Å². The second-order valence-electron chi connectivity index (χ2n) is 6.07. The zero-order valence-electron chi connectivity index (χ0n) is 12.6. The number of furan rings is 1. The van der Waals surface area contributed by atoms with Crippen LogP contribution in [0, 0.1) is 11.8 Å². The third-order valence-corrected chi connectivity index (χ3v) is 4.20. The van der Waals surface area contributed by atoms with E-state index in [2.05, 4.69) is 37.1 Å². The molecule has 19 heavy (non-hydrogen) atoms. The van der Waals surface area contributed by atoms with Crippen LogP contribution in [0.4, 0.5) is 0 Å². The molecule has 1 aliphatic heterocycles. The van der Waals surface area contributed by atoms with Gasteiger partial charge in [0, 0.05) is 18.7 Å². The molecule has 1 saturated heterocycles. The average molecular weight is 264 g/mol. The van der Waals surface area contributed by atoms with Crippen molar-refractivity contribution in [2.75, 3.05) is 19.6 Å². The van der Waals surface area contributed by atoms with E-state index in [4.69, 9.17) is 4.42 Å². The van der Waals surface area contributed by atoms with Gasteiger partial charge in [-0.2, -0.15) is 0 Å². The molecule has 0 saturated carbocycles. The van der Waals surface area contributed by atoms with E-state index in [0.29, 0.717) is 0 Å². The molecule has 0 bridgehead atoms. The normalized spacial score (nSPS) is 20.5. The second-order valence-corrected chi connectivity index (χ2v) is 6.07. The van der Waals surface area contributed by atoms with Crippen molar-refractivity contribution >= 4 is 0 Å². The van der Waals surface area contributed by atoms with Crippen molar-refractivity contribution in [3.05, 3.63) is 23.7 Å². The van der Waals surface area contributed by atoms with Crippen molar-refractivity contribution in [1.82, 2.24) is 10.2 Å². The van der Waals surface area contributed by atoms with Gasteiger partial charge in [-0.15, -0.1) is 0 Å². The Bertz CT molecular complexity index is 373. The molecule has 2 heterocycles. The quantitative estimate of drug-likeness (QED) is 0.766. The highest BCUT2D eigenvalue weighted by Crippen LogP contribution is 2.25. The van der Waals surface area contributed by atoms with Crippen LogP contribution in [0.5, 0.6) is 0 Å². The van der Waals surface area contributed by atoms with Crippen molar-refractivity contribution in [2.24, 2.45) is 11.8 Å². The summed E-state index contributed by atoms with van der Waals surface area (Å²) >= 11 is 0. The summed E-state index contributed by atoms with van der Waals surface area (Å²) in [4.78, 5) is 2.53. The fraction of sp³-hybridized carbons (Fsp3) is 0.750. The Morgan fingerprint density at radius 2 is 2.32 bits per heavy atom. The maximum Gasteiger partial charge on any atom is 0.122 e. The molecule has 0 amide bonds. The fourth-order valence-electron chi connectivity index (χ4n) is 2.82. The highest BCUT2D eigenvalue weighted by atomic mass is 16.3. The summed E-state index contributed by atoms with van der Waals surface area (Å²) in [7, 11) is 0. The number of hydrogen-bond acceptors (Lipinski definition) is 3. The molecule has 1 N–H and O–H groups in total. The molecule has 1 fully saturated rings. The van der Waals surface area contributed by atoms with Crippen molar-refractivity contribution in [3.63, 3.8) is 0 Å². The van der Waals surface area contributed by atoms with Crippen molar-refractivity contribution in [1.29, 1.82) is 0 Å². The van der Waals surface area contributed by atoms with Crippen LogP contribution in [-0.2, 0) is 13.1 Å². The molecular formula is C16H28N2O. The Morgan fingerprint density at radius 1 is 1.47 bits per heavy atom. The van der Waals surface area contributed by atoms with E-state index in [0.717, 1.165) is 37.2 Å². The van der Waals surface area contributed by atoms with Crippen LogP contribution >= 0.6 is 0 Å². The molecule has 1 aromatic rings. The van der Waals surface area contributed by atoms with E-state index in [1.807, 2.05) is 6.26 Å². The average Bonchev–Trinajstić information content (AvgIpc) is 3.00. The number of nitrogens with zero attached hydrogens (tertiary/aromatic N) is 1. The van der Waals surface area contributed by atoms with Crippen LogP contribution in [-0.4, -0.2) is 24.5 Å². The predicted molar refractivity (Wildman–Crippen MR) is 78.9 cm³/mol. The summed E-state index contributed by atoms with van der Waals surface area (Å²) in [6.07, 6.45) is 4.34. The molecule has 3 heteroatoms. The topological polar surface area (TPSA) is 28.4 Å². The zero-order valence-corrected chi connectivity index (χ0v) is 12.6. The molecule has 1 atom stereocenters. The molecule has 1 aliphatic rings. The molecular weight excluding hydrogens is 236 g/mol. The molecule has 0 spiro atoms. The SMILES string of the molecule is CCCNCc1ccoc1CN1CCC(C(C)C)C1. The van der Waals surface area contributed by atoms with Gasteiger partial charge in [0.15, 0.2) is 0 Å². The largest absolute Gasteiger partial charge is 0.468 e. The molecule has 0 aromatic carbocycles. The maximum atomic E-state index is 5.67. The van der Waals surface area contributed by atoms with Crippen LogP contribution in [0.1, 0.15) is 44.9 Å². The first-order chi connectivity index (χ1) is 9.20. The van der Waals surface area contributed by atoms with Crippen LogP contribution in [0.25, 0.3) is 0 Å². The minimum atomic E-state index is 0.798. The molecule has 1 unspecified atom stereocenters. The summed E-state index contributed by atoms with van der Waals surface area (Å²) in [6.45, 7) is 12.3. The van der Waals surface area contributed by atoms with E-state index < -0.39 is 0 Å². The number of likely N-dealkylation sites (tertiary alicyclic amines) is 1. The lowest BCUT2D eigenvalue weighted by Gasteiger charge is -2.17. The second kappa shape index (κ2) is 7.11. The van der Waals surface area contributed by atoms with Crippen molar-refractivity contribution in [2.45, 2.75) is 46.7 Å². The van der Waals surface area contributed by atoms with Crippen molar-refractivity contribution in [3.8, 4) is 0 Å². The fourth-order valence-corrected chi connectivity index (χ4v) is 2.82. The minimum Gasteiger partial charge on any atom is -0.468 e. The third kappa shape index (κ3) is 4.08. The Kier molecular flexibility index (Phi) is 5.46. The highest BCUT2D eigenvalue weighted by molar-refractivity contribution is 5.17. The summed E-state index contributed by atoms with van der Waals surface area (Å²) in [5.41, 5.74) is 1.32. The number of rotatable bonds is 7. The molecule has 0 aliphatic carbocycles. The summed E-state index contributed by atoms with van der Waals surface area (Å²) in [5.74, 6) is 2.80. The van der Waals surface area contributed by atoms with Gasteiger partial charge in [0.25, 0.3) is 0 Å². The van der Waals surface area contributed by atoms with Gasteiger partial charge in [0.05, 0.1) is 12.8 Å². The van der Waals surface area contributed by atoms with Gasteiger partial charge < -0.3 is 9.73 Å². The van der Waals surface area contributed by atoms with Gasteiger partial charge >= 0.3 is 0 Å². The smallest absolute Gasteiger partial charge is 0.122 e. The lowest BCUT2D eigenvalue weighted by molar-refractivity contribution is 0.271. The Balaban J connectivity index is 1.84. The van der Waals surface area contributed by atoms with Gasteiger partial charge in [0.2, 0.25) is 0 Å². The Hall–Kier alpha value is -0.800. The number of nitrogens with one attached hydrogen (secondary N) is 1. The lowest BCUT2D eigenvalue weighted by Crippen LogP contribution is -2.22. The third-order valence-electron chi connectivity index (χ3n) is 4.20. The zero-order chi connectivity index (χ0) is 13.7.